The summed E-state index contributed by atoms with van der Waals surface area (Å²) >= 11 is 17.9. The molecule has 3 aromatic rings. The topological polar surface area (TPSA) is 49.3 Å². The van der Waals surface area contributed by atoms with E-state index in [-0.39, 0.29) is 5.91 Å². The molecule has 0 saturated carbocycles. The van der Waals surface area contributed by atoms with Gasteiger partial charge < -0.3 is 10.4 Å². The summed E-state index contributed by atoms with van der Waals surface area (Å²) in [7, 11) is 0. The second kappa shape index (κ2) is 8.11. The third kappa shape index (κ3) is 4.19. The average molecular weight is 407 g/mol. The summed E-state index contributed by atoms with van der Waals surface area (Å²) < 4.78 is 0. The molecule has 0 aliphatic heterocycles. The van der Waals surface area contributed by atoms with Crippen LogP contribution in [0, 0.1) is 0 Å². The highest BCUT2D eigenvalue weighted by molar-refractivity contribution is 6.42. The summed E-state index contributed by atoms with van der Waals surface area (Å²) in [5.41, 5.74) is 2.01. The molecule has 0 saturated heterocycles. The van der Waals surface area contributed by atoms with Crippen LogP contribution in [0.15, 0.2) is 66.7 Å². The molecule has 2 N–H and O–H groups in total. The summed E-state index contributed by atoms with van der Waals surface area (Å²) in [5.74, 6) is -0.368. The molecule has 3 nitrogen and oxygen atoms in total. The molecule has 0 aliphatic carbocycles. The Balaban J connectivity index is 1.92. The summed E-state index contributed by atoms with van der Waals surface area (Å²) in [4.78, 5) is 12.5. The number of hydrogen-bond acceptors (Lipinski definition) is 2. The van der Waals surface area contributed by atoms with E-state index in [0.717, 1.165) is 0 Å². The van der Waals surface area contributed by atoms with Gasteiger partial charge in [-0.1, -0.05) is 65.1 Å². The van der Waals surface area contributed by atoms with Gasteiger partial charge in [-0.2, -0.15) is 0 Å². The second-order valence-electron chi connectivity index (χ2n) is 5.63. The van der Waals surface area contributed by atoms with E-state index in [9.17, 15) is 9.90 Å². The molecule has 0 spiro atoms. The largest absolute Gasteiger partial charge is 0.384 e. The summed E-state index contributed by atoms with van der Waals surface area (Å²) in [6.45, 7) is 0. The average Bonchev–Trinajstić information content (AvgIpc) is 2.65. The van der Waals surface area contributed by atoms with Gasteiger partial charge >= 0.3 is 0 Å². The Morgan fingerprint density at radius 2 is 1.62 bits per heavy atom. The Morgan fingerprint density at radius 1 is 0.885 bits per heavy atom. The number of anilines is 1. The van der Waals surface area contributed by atoms with Crippen LogP contribution in [0.2, 0.25) is 15.1 Å². The van der Waals surface area contributed by atoms with E-state index in [1.807, 2.05) is 18.2 Å². The van der Waals surface area contributed by atoms with Crippen LogP contribution in [-0.2, 0) is 0 Å². The minimum absolute atomic E-state index is 0.292. The van der Waals surface area contributed by atoms with Crippen LogP contribution >= 0.6 is 34.8 Å². The number of halogens is 3. The number of nitrogens with one attached hydrogen (secondary N) is 1. The highest BCUT2D eigenvalue weighted by Gasteiger charge is 2.17. The lowest BCUT2D eigenvalue weighted by Crippen LogP contribution is -2.14. The van der Waals surface area contributed by atoms with Gasteiger partial charge in [-0.15, -0.1) is 0 Å². The van der Waals surface area contributed by atoms with Gasteiger partial charge in [0.1, 0.15) is 6.10 Å². The fourth-order valence-corrected chi connectivity index (χ4v) is 3.00. The van der Waals surface area contributed by atoms with Gasteiger partial charge in [-0.05, 0) is 42.0 Å². The Bertz CT molecular complexity index is 945. The van der Waals surface area contributed by atoms with E-state index in [2.05, 4.69) is 5.32 Å². The first-order valence-corrected chi connectivity index (χ1v) is 8.88. The molecular formula is C20H14Cl3NO2. The standard InChI is InChI=1S/C20H14Cl3NO2/c21-14-7-9-18(15(11-14)19(25)12-4-2-1-3-5-12)24-20(26)13-6-8-16(22)17(23)10-13/h1-11,19,25H,(H,24,26)/t19-/m1/s1. The number of amides is 1. The molecular weight excluding hydrogens is 393 g/mol. The highest BCUT2D eigenvalue weighted by Crippen LogP contribution is 2.31. The number of hydrogen-bond donors (Lipinski definition) is 2. The van der Waals surface area contributed by atoms with Crippen molar-refractivity contribution in [2.45, 2.75) is 6.10 Å². The Hall–Kier alpha value is -2.04. The van der Waals surface area contributed by atoms with Crippen molar-refractivity contribution < 1.29 is 9.90 Å². The second-order valence-corrected chi connectivity index (χ2v) is 6.88. The van der Waals surface area contributed by atoms with Gasteiger partial charge in [-0.25, -0.2) is 0 Å². The fourth-order valence-electron chi connectivity index (χ4n) is 2.52. The molecule has 0 aromatic heterocycles. The van der Waals surface area contributed by atoms with Crippen LogP contribution < -0.4 is 5.32 Å². The summed E-state index contributed by atoms with van der Waals surface area (Å²) in [6.07, 6.45) is -0.931. The Morgan fingerprint density at radius 3 is 2.31 bits per heavy atom. The van der Waals surface area contributed by atoms with Gasteiger partial charge in [0.2, 0.25) is 0 Å². The molecule has 1 atom stereocenters. The number of benzene rings is 3. The quantitative estimate of drug-likeness (QED) is 0.560. The van der Waals surface area contributed by atoms with Crippen molar-refractivity contribution in [1.29, 1.82) is 0 Å². The third-order valence-electron chi connectivity index (χ3n) is 3.85. The number of aliphatic hydroxyl groups is 1. The van der Waals surface area contributed by atoms with Crippen molar-refractivity contribution >= 4 is 46.4 Å². The summed E-state index contributed by atoms with van der Waals surface area (Å²) in [5, 5.41) is 14.6. The van der Waals surface area contributed by atoms with Crippen molar-refractivity contribution in [3.8, 4) is 0 Å². The van der Waals surface area contributed by atoms with Gasteiger partial charge in [0.05, 0.1) is 10.0 Å². The Labute approximate surface area is 166 Å². The van der Waals surface area contributed by atoms with Crippen LogP contribution in [0.3, 0.4) is 0 Å². The molecule has 0 fully saturated rings. The molecule has 0 aliphatic rings. The molecule has 1 amide bonds. The molecule has 132 valence electrons. The van der Waals surface area contributed by atoms with Crippen LogP contribution in [0.25, 0.3) is 0 Å². The zero-order valence-electron chi connectivity index (χ0n) is 13.4. The van der Waals surface area contributed by atoms with Gasteiger partial charge in [-0.3, -0.25) is 4.79 Å². The molecule has 0 radical (unpaired) electrons. The fraction of sp³-hybridized carbons (Fsp3) is 0.0500. The maximum absolute atomic E-state index is 12.5. The van der Waals surface area contributed by atoms with Crippen molar-refractivity contribution in [3.05, 3.63) is 98.5 Å². The maximum atomic E-state index is 12.5. The molecule has 3 rings (SSSR count). The molecule has 26 heavy (non-hydrogen) atoms. The van der Waals surface area contributed by atoms with Crippen LogP contribution in [0.1, 0.15) is 27.6 Å². The summed E-state index contributed by atoms with van der Waals surface area (Å²) in [6, 6.07) is 18.7. The maximum Gasteiger partial charge on any atom is 0.255 e. The number of carbonyl (C=O) groups is 1. The zero-order chi connectivity index (χ0) is 18.7. The smallest absolute Gasteiger partial charge is 0.255 e. The highest BCUT2D eigenvalue weighted by atomic mass is 35.5. The predicted octanol–water partition coefficient (Wildman–Crippen LogP) is 5.98. The normalized spacial score (nSPS) is 11.8. The number of aliphatic hydroxyl groups excluding tert-OH is 1. The molecule has 0 bridgehead atoms. The van der Waals surface area contributed by atoms with E-state index in [1.54, 1.807) is 42.5 Å². The van der Waals surface area contributed by atoms with Crippen LogP contribution in [-0.4, -0.2) is 11.0 Å². The van der Waals surface area contributed by atoms with Crippen LogP contribution in [0.5, 0.6) is 0 Å². The lowest BCUT2D eigenvalue weighted by atomic mass is 9.99. The zero-order valence-corrected chi connectivity index (χ0v) is 15.7. The molecule has 0 unspecified atom stereocenters. The van der Waals surface area contributed by atoms with Gasteiger partial charge in [0, 0.05) is 21.8 Å². The van der Waals surface area contributed by atoms with E-state index < -0.39 is 6.10 Å². The van der Waals surface area contributed by atoms with E-state index >= 15 is 0 Å². The van der Waals surface area contributed by atoms with Crippen LogP contribution in [0.4, 0.5) is 5.69 Å². The van der Waals surface area contributed by atoms with Crippen molar-refractivity contribution in [3.63, 3.8) is 0 Å². The van der Waals surface area contributed by atoms with Crippen molar-refractivity contribution in [2.24, 2.45) is 0 Å². The third-order valence-corrected chi connectivity index (χ3v) is 4.83. The van der Waals surface area contributed by atoms with Crippen molar-refractivity contribution in [1.82, 2.24) is 0 Å². The van der Waals surface area contributed by atoms with E-state index in [4.69, 9.17) is 34.8 Å². The van der Waals surface area contributed by atoms with E-state index in [1.165, 1.54) is 6.07 Å². The van der Waals surface area contributed by atoms with E-state index in [0.29, 0.717) is 37.4 Å². The first-order valence-electron chi connectivity index (χ1n) is 7.74. The monoisotopic (exact) mass is 405 g/mol. The minimum Gasteiger partial charge on any atom is -0.384 e. The molecule has 6 heteroatoms. The Kier molecular flexibility index (Phi) is 5.84. The number of rotatable bonds is 4. The molecule has 0 heterocycles. The lowest BCUT2D eigenvalue weighted by Gasteiger charge is -2.17. The number of carbonyl (C=O) groups excluding carboxylic acids is 1. The SMILES string of the molecule is O=C(Nc1ccc(Cl)cc1[C@H](O)c1ccccc1)c1ccc(Cl)c(Cl)c1. The van der Waals surface area contributed by atoms with Gasteiger partial charge in [0.15, 0.2) is 0 Å². The first kappa shape index (κ1) is 18.7. The minimum atomic E-state index is -0.931. The van der Waals surface area contributed by atoms with Crippen molar-refractivity contribution in [2.75, 3.05) is 5.32 Å². The predicted molar refractivity (Wildman–Crippen MR) is 106 cm³/mol. The first-order chi connectivity index (χ1) is 12.5. The molecule has 3 aromatic carbocycles. The van der Waals surface area contributed by atoms with Gasteiger partial charge in [0.25, 0.3) is 5.91 Å². The lowest BCUT2D eigenvalue weighted by molar-refractivity contribution is 0.102.